The monoisotopic (exact) mass is 444 g/mol. The third-order valence-corrected chi connectivity index (χ3v) is 5.10. The highest BCUT2D eigenvalue weighted by Gasteiger charge is 2.44. The number of benzene rings is 2. The predicted octanol–water partition coefficient (Wildman–Crippen LogP) is 3.87. The number of ether oxygens (including phenoxy) is 1. The van der Waals surface area contributed by atoms with E-state index in [4.69, 9.17) is 4.74 Å². The van der Waals surface area contributed by atoms with Gasteiger partial charge in [0.05, 0.1) is 23.3 Å². The largest absolute Gasteiger partial charge is 0.366 e. The summed E-state index contributed by atoms with van der Waals surface area (Å²) in [5.41, 5.74) is 0.533. The van der Waals surface area contributed by atoms with Gasteiger partial charge in [0.15, 0.2) is 0 Å². The fourth-order valence-corrected chi connectivity index (χ4v) is 3.25. The average molecular weight is 445 g/mol. The van der Waals surface area contributed by atoms with Crippen molar-refractivity contribution in [3.8, 4) is 0 Å². The Balaban J connectivity index is 1.63. The van der Waals surface area contributed by atoms with Crippen LogP contribution in [-0.4, -0.2) is 40.9 Å². The first-order valence-electron chi connectivity index (χ1n) is 8.86. The van der Waals surface area contributed by atoms with E-state index < -0.39 is 11.6 Å². The maximum absolute atomic E-state index is 12.7. The second-order valence-electron chi connectivity index (χ2n) is 7.25. The van der Waals surface area contributed by atoms with E-state index in [0.29, 0.717) is 16.8 Å². The fourth-order valence-electron chi connectivity index (χ4n) is 2.99. The summed E-state index contributed by atoms with van der Waals surface area (Å²) in [4.78, 5) is 38.9. The van der Waals surface area contributed by atoms with Crippen LogP contribution in [0.5, 0.6) is 0 Å². The summed E-state index contributed by atoms with van der Waals surface area (Å²) < 4.78 is 6.62. The van der Waals surface area contributed by atoms with Crippen LogP contribution < -0.4 is 5.32 Å². The molecule has 1 unspecified atom stereocenters. The van der Waals surface area contributed by atoms with Gasteiger partial charge in [-0.05, 0) is 57.2 Å². The van der Waals surface area contributed by atoms with Crippen molar-refractivity contribution in [3.05, 3.63) is 64.1 Å². The van der Waals surface area contributed by atoms with E-state index in [1.807, 2.05) is 12.1 Å². The van der Waals surface area contributed by atoms with Gasteiger partial charge >= 0.3 is 0 Å². The Kier molecular flexibility index (Phi) is 5.67. The smallest absolute Gasteiger partial charge is 0.262 e. The minimum Gasteiger partial charge on any atom is -0.366 e. The van der Waals surface area contributed by atoms with Gasteiger partial charge in [0, 0.05) is 10.2 Å². The van der Waals surface area contributed by atoms with Crippen LogP contribution in [0.2, 0.25) is 0 Å². The molecule has 2 aromatic carbocycles. The number of imide groups is 1. The number of carbonyl (C=O) groups excluding carboxylic acids is 3. The second-order valence-corrected chi connectivity index (χ2v) is 8.17. The van der Waals surface area contributed by atoms with Crippen molar-refractivity contribution < 1.29 is 19.1 Å². The van der Waals surface area contributed by atoms with Gasteiger partial charge in [-0.2, -0.15) is 0 Å². The number of fused-ring (bicyclic) bond motifs is 1. The van der Waals surface area contributed by atoms with Crippen LogP contribution >= 0.6 is 15.9 Å². The molecule has 3 rings (SSSR count). The Hall–Kier alpha value is -2.51. The zero-order valence-corrected chi connectivity index (χ0v) is 17.4. The summed E-state index contributed by atoms with van der Waals surface area (Å²) >= 11 is 3.34. The number of nitrogens with zero attached hydrogens (tertiary/aromatic N) is 1. The Morgan fingerprint density at radius 3 is 2.14 bits per heavy atom. The molecule has 1 heterocycles. The SMILES string of the molecule is CC(OCC(C)(C)N1C(=O)c2ccccc2C1=O)C(=O)Nc1ccc(Br)cc1. The summed E-state index contributed by atoms with van der Waals surface area (Å²) in [6.07, 6.45) is -0.752. The summed E-state index contributed by atoms with van der Waals surface area (Å²) in [7, 11) is 0. The van der Waals surface area contributed by atoms with E-state index in [1.54, 1.807) is 57.2 Å². The van der Waals surface area contributed by atoms with Crippen molar-refractivity contribution in [2.45, 2.75) is 32.4 Å². The maximum atomic E-state index is 12.7. The van der Waals surface area contributed by atoms with Gasteiger partial charge in [0.25, 0.3) is 17.7 Å². The lowest BCUT2D eigenvalue weighted by Crippen LogP contribution is -2.51. The van der Waals surface area contributed by atoms with Gasteiger partial charge in [-0.25, -0.2) is 0 Å². The van der Waals surface area contributed by atoms with E-state index >= 15 is 0 Å². The van der Waals surface area contributed by atoms with Crippen LogP contribution in [-0.2, 0) is 9.53 Å². The first-order valence-corrected chi connectivity index (χ1v) is 9.66. The summed E-state index contributed by atoms with van der Waals surface area (Å²) in [6, 6.07) is 13.9. The maximum Gasteiger partial charge on any atom is 0.262 e. The van der Waals surface area contributed by atoms with Crippen LogP contribution in [0, 0.1) is 0 Å². The number of rotatable bonds is 6. The molecule has 1 atom stereocenters. The molecule has 0 bridgehead atoms. The van der Waals surface area contributed by atoms with Crippen molar-refractivity contribution in [1.82, 2.24) is 4.90 Å². The molecule has 0 fully saturated rings. The number of hydrogen-bond donors (Lipinski definition) is 1. The van der Waals surface area contributed by atoms with Crippen molar-refractivity contribution in [2.75, 3.05) is 11.9 Å². The first kappa shape index (κ1) is 20.2. The highest BCUT2D eigenvalue weighted by atomic mass is 79.9. The summed E-state index contributed by atoms with van der Waals surface area (Å²) in [5.74, 6) is -0.997. The Morgan fingerprint density at radius 1 is 1.07 bits per heavy atom. The van der Waals surface area contributed by atoms with Crippen LogP contribution in [0.1, 0.15) is 41.5 Å². The standard InChI is InChI=1S/C21H21BrN2O4/c1-13(18(25)23-15-10-8-14(22)9-11-15)28-12-21(2,3)24-19(26)16-6-4-5-7-17(16)20(24)27/h4-11,13H,12H2,1-3H3,(H,23,25). The lowest BCUT2D eigenvalue weighted by atomic mass is 10.0. The Labute approximate surface area is 172 Å². The molecule has 146 valence electrons. The minimum atomic E-state index is -0.903. The first-order chi connectivity index (χ1) is 13.2. The summed E-state index contributed by atoms with van der Waals surface area (Å²) in [6.45, 7) is 5.15. The molecule has 1 N–H and O–H groups in total. The minimum absolute atomic E-state index is 0.0351. The normalized spacial score (nSPS) is 14.8. The molecular weight excluding hydrogens is 424 g/mol. The van der Waals surface area contributed by atoms with Crippen LogP contribution in [0.15, 0.2) is 53.0 Å². The second kappa shape index (κ2) is 7.85. The van der Waals surface area contributed by atoms with E-state index in [1.165, 1.54) is 4.90 Å². The molecule has 6 nitrogen and oxygen atoms in total. The molecule has 0 spiro atoms. The highest BCUT2D eigenvalue weighted by molar-refractivity contribution is 9.10. The number of halogens is 1. The number of amides is 3. The van der Waals surface area contributed by atoms with Crippen LogP contribution in [0.25, 0.3) is 0 Å². The lowest BCUT2D eigenvalue weighted by molar-refractivity contribution is -0.128. The zero-order chi connectivity index (χ0) is 20.5. The molecule has 28 heavy (non-hydrogen) atoms. The van der Waals surface area contributed by atoms with Gasteiger partial charge in [-0.15, -0.1) is 0 Å². The lowest BCUT2D eigenvalue weighted by Gasteiger charge is -2.34. The quantitative estimate of drug-likeness (QED) is 0.686. The number of anilines is 1. The molecule has 7 heteroatoms. The number of hydrogen-bond acceptors (Lipinski definition) is 4. The zero-order valence-electron chi connectivity index (χ0n) is 15.9. The van der Waals surface area contributed by atoms with E-state index in [-0.39, 0.29) is 24.3 Å². The average Bonchev–Trinajstić information content (AvgIpc) is 2.93. The summed E-state index contributed by atoms with van der Waals surface area (Å²) in [5, 5.41) is 2.77. The molecule has 0 aliphatic carbocycles. The van der Waals surface area contributed by atoms with Gasteiger partial charge in [-0.1, -0.05) is 28.1 Å². The van der Waals surface area contributed by atoms with E-state index in [0.717, 1.165) is 4.47 Å². The molecule has 0 saturated heterocycles. The molecule has 3 amide bonds. The third-order valence-electron chi connectivity index (χ3n) is 4.57. The van der Waals surface area contributed by atoms with E-state index in [2.05, 4.69) is 21.2 Å². The van der Waals surface area contributed by atoms with E-state index in [9.17, 15) is 14.4 Å². The van der Waals surface area contributed by atoms with Crippen LogP contribution in [0.4, 0.5) is 5.69 Å². The predicted molar refractivity (Wildman–Crippen MR) is 109 cm³/mol. The number of carbonyl (C=O) groups is 3. The number of nitrogens with one attached hydrogen (secondary N) is 1. The Bertz CT molecular complexity index is 889. The molecule has 1 aliphatic rings. The van der Waals surface area contributed by atoms with Crippen molar-refractivity contribution in [1.29, 1.82) is 0 Å². The molecule has 2 aromatic rings. The van der Waals surface area contributed by atoms with Crippen molar-refractivity contribution in [3.63, 3.8) is 0 Å². The fraction of sp³-hybridized carbons (Fsp3) is 0.286. The van der Waals surface area contributed by atoms with Crippen molar-refractivity contribution >= 4 is 39.3 Å². The van der Waals surface area contributed by atoms with Gasteiger partial charge in [0.2, 0.25) is 0 Å². The van der Waals surface area contributed by atoms with Gasteiger partial charge in [0.1, 0.15) is 6.10 Å². The van der Waals surface area contributed by atoms with Gasteiger partial charge in [-0.3, -0.25) is 19.3 Å². The third kappa shape index (κ3) is 4.00. The molecule has 0 radical (unpaired) electrons. The molecule has 1 aliphatic heterocycles. The topological polar surface area (TPSA) is 75.7 Å². The van der Waals surface area contributed by atoms with Crippen LogP contribution in [0.3, 0.4) is 0 Å². The van der Waals surface area contributed by atoms with Gasteiger partial charge < -0.3 is 10.1 Å². The molecule has 0 saturated carbocycles. The highest BCUT2D eigenvalue weighted by Crippen LogP contribution is 2.29. The molecule has 0 aromatic heterocycles. The Morgan fingerprint density at radius 2 is 1.61 bits per heavy atom. The molecular formula is C21H21BrN2O4. The van der Waals surface area contributed by atoms with Crippen molar-refractivity contribution in [2.24, 2.45) is 0 Å².